The van der Waals surface area contributed by atoms with E-state index in [4.69, 9.17) is 19.2 Å². The number of phenols is 1. The fourth-order valence-corrected chi connectivity index (χ4v) is 4.03. The summed E-state index contributed by atoms with van der Waals surface area (Å²) in [4.78, 5) is 16.7. The molecule has 0 radical (unpaired) electrons. The smallest absolute Gasteiger partial charge is 0.337 e. The van der Waals surface area contributed by atoms with Gasteiger partial charge in [0, 0.05) is 23.7 Å². The Balaban J connectivity index is 1.53. The number of esters is 1. The molecule has 3 aromatic rings. The molecule has 3 aromatic carbocycles. The summed E-state index contributed by atoms with van der Waals surface area (Å²) in [6.45, 7) is 0.211. The summed E-state index contributed by atoms with van der Waals surface area (Å²) in [5.74, 6) is 1.26. The molecule has 0 saturated carbocycles. The highest BCUT2D eigenvalue weighted by Crippen LogP contribution is 2.37. The average Bonchev–Trinajstić information content (AvgIpc) is 3.31. The maximum absolute atomic E-state index is 11.8. The summed E-state index contributed by atoms with van der Waals surface area (Å²) in [5.41, 5.74) is 4.00. The lowest BCUT2D eigenvalue weighted by molar-refractivity contribution is 0.0600. The number of fused-ring (bicyclic) bond motifs is 1. The van der Waals surface area contributed by atoms with Crippen LogP contribution >= 0.6 is 0 Å². The van der Waals surface area contributed by atoms with Crippen molar-refractivity contribution in [1.29, 1.82) is 0 Å². The van der Waals surface area contributed by atoms with Gasteiger partial charge in [0.25, 0.3) is 0 Å². The molecule has 5 rings (SSSR count). The predicted octanol–water partition coefficient (Wildman–Crippen LogP) is 4.13. The highest BCUT2D eigenvalue weighted by molar-refractivity contribution is 6.02. The Morgan fingerprint density at radius 1 is 1.06 bits per heavy atom. The second-order valence-corrected chi connectivity index (χ2v) is 7.64. The molecule has 0 amide bonds. The predicted molar refractivity (Wildman–Crippen MR) is 118 cm³/mol. The van der Waals surface area contributed by atoms with Crippen molar-refractivity contribution < 1.29 is 24.1 Å². The zero-order chi connectivity index (χ0) is 22.1. The van der Waals surface area contributed by atoms with E-state index in [1.807, 2.05) is 42.5 Å². The molecule has 0 fully saturated rings. The summed E-state index contributed by atoms with van der Waals surface area (Å²) in [7, 11) is 1.36. The Morgan fingerprint density at radius 2 is 1.84 bits per heavy atom. The van der Waals surface area contributed by atoms with Crippen LogP contribution in [0.5, 0.6) is 17.2 Å². The van der Waals surface area contributed by atoms with Gasteiger partial charge in [0.05, 0.1) is 12.7 Å². The lowest BCUT2D eigenvalue weighted by Crippen LogP contribution is -2.33. The normalized spacial score (nSPS) is 19.3. The number of aliphatic imine (C=N–C) groups is 1. The molecule has 2 heterocycles. The number of methoxy groups -OCH3 is 1. The first-order chi connectivity index (χ1) is 15.6. The molecule has 32 heavy (non-hydrogen) atoms. The van der Waals surface area contributed by atoms with Gasteiger partial charge in [0.2, 0.25) is 6.79 Å². The molecule has 7 heteroatoms. The van der Waals surface area contributed by atoms with Gasteiger partial charge in [-0.2, -0.15) is 0 Å². The lowest BCUT2D eigenvalue weighted by atomic mass is 9.93. The molecule has 0 bridgehead atoms. The van der Waals surface area contributed by atoms with Crippen molar-refractivity contribution in [3.8, 4) is 17.2 Å². The molecule has 2 N–H and O–H groups in total. The molecule has 0 aliphatic carbocycles. The number of hydrogen-bond acceptors (Lipinski definition) is 7. The van der Waals surface area contributed by atoms with E-state index in [1.165, 1.54) is 7.11 Å². The summed E-state index contributed by atoms with van der Waals surface area (Å²) < 4.78 is 15.8. The first kappa shape index (κ1) is 20.1. The van der Waals surface area contributed by atoms with E-state index in [0.717, 1.165) is 28.2 Å². The summed E-state index contributed by atoms with van der Waals surface area (Å²) in [5, 5.41) is 14.0. The maximum Gasteiger partial charge on any atom is 0.337 e. The van der Waals surface area contributed by atoms with Gasteiger partial charge in [0.15, 0.2) is 11.5 Å². The quantitative estimate of drug-likeness (QED) is 0.605. The molecule has 0 spiro atoms. The van der Waals surface area contributed by atoms with E-state index >= 15 is 0 Å². The fourth-order valence-electron chi connectivity index (χ4n) is 4.03. The van der Waals surface area contributed by atoms with Gasteiger partial charge in [-0.15, -0.1) is 0 Å². The van der Waals surface area contributed by atoms with Crippen molar-refractivity contribution in [1.82, 2.24) is 5.32 Å². The van der Waals surface area contributed by atoms with Crippen LogP contribution in [0.25, 0.3) is 0 Å². The number of hydrogen-bond donors (Lipinski definition) is 2. The average molecular weight is 430 g/mol. The number of benzene rings is 3. The molecular weight excluding hydrogens is 408 g/mol. The molecule has 2 aliphatic rings. The Labute approximate surface area is 185 Å². The number of ether oxygens (including phenoxy) is 3. The standard InChI is InChI=1S/C25H22N2O5/c1-30-25(29)16-8-6-15(7-9-16)24-26-19(17-10-11-22-23(12-17)32-14-31-22)13-20(27-24)18-4-2-3-5-21(18)28/h2-12,20,24,27-28H,13-14H2,1H3. The van der Waals surface area contributed by atoms with E-state index in [-0.39, 0.29) is 30.7 Å². The van der Waals surface area contributed by atoms with Gasteiger partial charge >= 0.3 is 5.97 Å². The monoisotopic (exact) mass is 430 g/mol. The second kappa shape index (κ2) is 8.36. The number of rotatable bonds is 4. The second-order valence-electron chi connectivity index (χ2n) is 7.64. The van der Waals surface area contributed by atoms with Crippen LogP contribution < -0.4 is 14.8 Å². The molecule has 2 aliphatic heterocycles. The number of carbonyl (C=O) groups excluding carboxylic acids is 1. The lowest BCUT2D eigenvalue weighted by Gasteiger charge is -2.31. The number of aromatic hydroxyl groups is 1. The zero-order valence-corrected chi connectivity index (χ0v) is 17.4. The van der Waals surface area contributed by atoms with Crippen molar-refractivity contribution in [2.75, 3.05) is 13.9 Å². The fraction of sp³-hybridized carbons (Fsp3) is 0.200. The van der Waals surface area contributed by atoms with Gasteiger partial charge in [-0.1, -0.05) is 30.3 Å². The third kappa shape index (κ3) is 3.78. The SMILES string of the molecule is COC(=O)c1ccc(C2N=C(c3ccc4c(c3)OCO4)CC(c3ccccc3O)N2)cc1. The zero-order valence-electron chi connectivity index (χ0n) is 17.4. The van der Waals surface area contributed by atoms with Crippen LogP contribution in [0.2, 0.25) is 0 Å². The van der Waals surface area contributed by atoms with Crippen molar-refractivity contribution in [3.05, 3.63) is 89.0 Å². The number of carbonyl (C=O) groups is 1. The molecule has 7 nitrogen and oxygen atoms in total. The Kier molecular flexibility index (Phi) is 5.25. The highest BCUT2D eigenvalue weighted by Gasteiger charge is 2.28. The third-order valence-electron chi connectivity index (χ3n) is 5.71. The number of nitrogens with zero attached hydrogens (tertiary/aromatic N) is 1. The minimum Gasteiger partial charge on any atom is -0.508 e. The van der Waals surface area contributed by atoms with Crippen molar-refractivity contribution >= 4 is 11.7 Å². The van der Waals surface area contributed by atoms with Gasteiger partial charge in [0.1, 0.15) is 11.9 Å². The number of phenolic OH excluding ortho intramolecular Hbond substituents is 1. The van der Waals surface area contributed by atoms with Crippen molar-refractivity contribution in [3.63, 3.8) is 0 Å². The molecule has 2 atom stereocenters. The highest BCUT2D eigenvalue weighted by atomic mass is 16.7. The van der Waals surface area contributed by atoms with E-state index in [2.05, 4.69) is 5.32 Å². The van der Waals surface area contributed by atoms with Crippen LogP contribution in [0.3, 0.4) is 0 Å². The molecule has 162 valence electrons. The first-order valence-electron chi connectivity index (χ1n) is 10.3. The summed E-state index contributed by atoms with van der Waals surface area (Å²) in [6, 6.07) is 20.1. The minimum atomic E-state index is -0.384. The van der Waals surface area contributed by atoms with Gasteiger partial charge < -0.3 is 19.3 Å². The van der Waals surface area contributed by atoms with Gasteiger partial charge in [-0.3, -0.25) is 10.3 Å². The van der Waals surface area contributed by atoms with Crippen LogP contribution in [-0.4, -0.2) is 30.7 Å². The third-order valence-corrected chi connectivity index (χ3v) is 5.71. The molecule has 0 saturated heterocycles. The Hall–Kier alpha value is -3.84. The summed E-state index contributed by atoms with van der Waals surface area (Å²) in [6.07, 6.45) is 0.231. The van der Waals surface area contributed by atoms with Crippen LogP contribution in [0.4, 0.5) is 0 Å². The van der Waals surface area contributed by atoms with Crippen LogP contribution in [0.15, 0.2) is 71.7 Å². The minimum absolute atomic E-state index is 0.153. The van der Waals surface area contributed by atoms with E-state index < -0.39 is 0 Å². The molecule has 2 unspecified atom stereocenters. The van der Waals surface area contributed by atoms with Gasteiger partial charge in [-0.05, 0) is 47.5 Å². The maximum atomic E-state index is 11.8. The Morgan fingerprint density at radius 3 is 2.62 bits per heavy atom. The number of para-hydroxylation sites is 1. The van der Waals surface area contributed by atoms with E-state index in [0.29, 0.717) is 17.7 Å². The largest absolute Gasteiger partial charge is 0.508 e. The van der Waals surface area contributed by atoms with Gasteiger partial charge in [-0.25, -0.2) is 4.79 Å². The van der Waals surface area contributed by atoms with Crippen molar-refractivity contribution in [2.24, 2.45) is 4.99 Å². The van der Waals surface area contributed by atoms with Crippen molar-refractivity contribution in [2.45, 2.75) is 18.6 Å². The topological polar surface area (TPSA) is 89.4 Å². The Bertz CT molecular complexity index is 1190. The van der Waals surface area contributed by atoms with Crippen LogP contribution in [0, 0.1) is 0 Å². The first-order valence-corrected chi connectivity index (χ1v) is 10.3. The molecule has 0 aromatic heterocycles. The molecular formula is C25H22N2O5. The van der Waals surface area contributed by atoms with E-state index in [9.17, 15) is 9.90 Å². The summed E-state index contributed by atoms with van der Waals surface area (Å²) >= 11 is 0. The number of nitrogens with one attached hydrogen (secondary N) is 1. The van der Waals surface area contributed by atoms with Crippen LogP contribution in [0.1, 0.15) is 45.7 Å². The van der Waals surface area contributed by atoms with Crippen LogP contribution in [-0.2, 0) is 4.74 Å². The van der Waals surface area contributed by atoms with E-state index in [1.54, 1.807) is 24.3 Å².